The maximum absolute atomic E-state index is 12.0. The number of thiophene rings is 1. The highest BCUT2D eigenvalue weighted by Crippen LogP contribution is 2.23. The standard InChI is InChI=1S/C12H16ClNO3S/c1-7(14-11(16)17-12(2,3)4)9(15)10-8(13)5-6-18-10/h5-7H,1-4H3,(H,14,16)/t7-/m0/s1. The van der Waals surface area contributed by atoms with Crippen LogP contribution in [0.5, 0.6) is 0 Å². The summed E-state index contributed by atoms with van der Waals surface area (Å²) < 4.78 is 5.07. The van der Waals surface area contributed by atoms with E-state index in [4.69, 9.17) is 16.3 Å². The molecule has 0 aliphatic rings. The van der Waals surface area contributed by atoms with Crippen molar-refractivity contribution in [2.24, 2.45) is 0 Å². The van der Waals surface area contributed by atoms with E-state index < -0.39 is 17.7 Å². The lowest BCUT2D eigenvalue weighted by Gasteiger charge is -2.21. The summed E-state index contributed by atoms with van der Waals surface area (Å²) in [5.41, 5.74) is -0.590. The van der Waals surface area contributed by atoms with Gasteiger partial charge in [-0.05, 0) is 39.1 Å². The van der Waals surface area contributed by atoms with Crippen molar-refractivity contribution in [2.75, 3.05) is 0 Å². The molecule has 18 heavy (non-hydrogen) atoms. The average Bonchev–Trinajstić information content (AvgIpc) is 2.60. The number of carbonyl (C=O) groups is 2. The SMILES string of the molecule is C[C@H](NC(=O)OC(C)(C)C)C(=O)c1sccc1Cl. The van der Waals surface area contributed by atoms with E-state index in [1.807, 2.05) is 0 Å². The second kappa shape index (κ2) is 5.71. The first kappa shape index (κ1) is 15.0. The number of nitrogens with one attached hydrogen (secondary N) is 1. The number of rotatable bonds is 3. The second-order valence-corrected chi connectivity index (χ2v) is 6.15. The van der Waals surface area contributed by atoms with E-state index in [1.54, 1.807) is 39.1 Å². The molecule has 6 heteroatoms. The number of amides is 1. The fourth-order valence-electron chi connectivity index (χ4n) is 1.22. The Morgan fingerprint density at radius 1 is 1.44 bits per heavy atom. The molecule has 1 aromatic heterocycles. The van der Waals surface area contributed by atoms with Crippen LogP contribution in [-0.4, -0.2) is 23.5 Å². The van der Waals surface area contributed by atoms with Crippen molar-refractivity contribution in [1.29, 1.82) is 0 Å². The van der Waals surface area contributed by atoms with E-state index in [9.17, 15) is 9.59 Å². The van der Waals surface area contributed by atoms with Gasteiger partial charge in [0.25, 0.3) is 0 Å². The summed E-state index contributed by atoms with van der Waals surface area (Å²) in [4.78, 5) is 23.9. The lowest BCUT2D eigenvalue weighted by atomic mass is 10.2. The number of alkyl carbamates (subject to hydrolysis) is 1. The second-order valence-electron chi connectivity index (χ2n) is 4.83. The van der Waals surface area contributed by atoms with Crippen molar-refractivity contribution in [3.63, 3.8) is 0 Å². The maximum Gasteiger partial charge on any atom is 0.408 e. The van der Waals surface area contributed by atoms with Gasteiger partial charge < -0.3 is 10.1 Å². The number of hydrogen-bond acceptors (Lipinski definition) is 4. The number of halogens is 1. The molecule has 1 N–H and O–H groups in total. The van der Waals surface area contributed by atoms with Crippen LogP contribution in [0.25, 0.3) is 0 Å². The molecule has 0 aliphatic heterocycles. The number of carbonyl (C=O) groups excluding carboxylic acids is 2. The molecule has 1 amide bonds. The molecule has 0 aromatic carbocycles. The highest BCUT2D eigenvalue weighted by atomic mass is 35.5. The number of Topliss-reactive ketones (excluding diaryl/α,β-unsaturated/α-hetero) is 1. The van der Waals surface area contributed by atoms with Crippen molar-refractivity contribution in [2.45, 2.75) is 39.3 Å². The third-order valence-electron chi connectivity index (χ3n) is 1.97. The highest BCUT2D eigenvalue weighted by molar-refractivity contribution is 7.12. The van der Waals surface area contributed by atoms with E-state index in [1.165, 1.54) is 11.3 Å². The largest absolute Gasteiger partial charge is 0.444 e. The summed E-state index contributed by atoms with van der Waals surface area (Å²) in [5.74, 6) is -0.221. The Morgan fingerprint density at radius 2 is 2.06 bits per heavy atom. The molecule has 1 atom stereocenters. The van der Waals surface area contributed by atoms with Crippen molar-refractivity contribution in [3.05, 3.63) is 21.3 Å². The molecule has 1 heterocycles. The van der Waals surface area contributed by atoms with E-state index in [2.05, 4.69) is 5.32 Å². The van der Waals surface area contributed by atoms with Crippen LogP contribution in [0.2, 0.25) is 5.02 Å². The van der Waals surface area contributed by atoms with Gasteiger partial charge in [-0.25, -0.2) is 4.79 Å². The van der Waals surface area contributed by atoms with Gasteiger partial charge in [-0.2, -0.15) is 0 Å². The van der Waals surface area contributed by atoms with Crippen LogP contribution in [0.3, 0.4) is 0 Å². The van der Waals surface area contributed by atoms with Gasteiger partial charge in [0.05, 0.1) is 15.9 Å². The number of ether oxygens (including phenoxy) is 1. The van der Waals surface area contributed by atoms with Gasteiger partial charge in [-0.3, -0.25) is 4.79 Å². The molecule has 100 valence electrons. The fraction of sp³-hybridized carbons (Fsp3) is 0.500. The molecule has 0 radical (unpaired) electrons. The van der Waals surface area contributed by atoms with Gasteiger partial charge >= 0.3 is 6.09 Å². The lowest BCUT2D eigenvalue weighted by molar-refractivity contribution is 0.0497. The van der Waals surface area contributed by atoms with Gasteiger partial charge in [0.1, 0.15) is 5.60 Å². The zero-order chi connectivity index (χ0) is 13.9. The monoisotopic (exact) mass is 289 g/mol. The third kappa shape index (κ3) is 4.31. The molecule has 0 saturated heterocycles. The van der Waals surface area contributed by atoms with Gasteiger partial charge in [0, 0.05) is 0 Å². The molecule has 0 spiro atoms. The third-order valence-corrected chi connectivity index (χ3v) is 3.32. The minimum absolute atomic E-state index is 0.221. The first-order chi connectivity index (χ1) is 8.20. The molecule has 1 rings (SSSR count). The molecule has 1 aromatic rings. The van der Waals surface area contributed by atoms with Gasteiger partial charge in [0.2, 0.25) is 0 Å². The Kier molecular flexibility index (Phi) is 4.76. The van der Waals surface area contributed by atoms with Crippen LogP contribution in [0, 0.1) is 0 Å². The van der Waals surface area contributed by atoms with Crippen molar-refractivity contribution < 1.29 is 14.3 Å². The van der Waals surface area contributed by atoms with Crippen LogP contribution in [0.1, 0.15) is 37.4 Å². The Bertz CT molecular complexity index is 450. The average molecular weight is 290 g/mol. The highest BCUT2D eigenvalue weighted by Gasteiger charge is 2.23. The van der Waals surface area contributed by atoms with E-state index in [0.29, 0.717) is 9.90 Å². The molecule has 0 unspecified atom stereocenters. The summed E-state index contributed by atoms with van der Waals surface area (Å²) in [6, 6.07) is 0.982. The maximum atomic E-state index is 12.0. The Hall–Kier alpha value is -1.07. The van der Waals surface area contributed by atoms with Crippen molar-refractivity contribution in [3.8, 4) is 0 Å². The number of hydrogen-bond donors (Lipinski definition) is 1. The normalized spacial score (nSPS) is 12.9. The molecular formula is C12H16ClNO3S. The summed E-state index contributed by atoms with van der Waals surface area (Å²) in [6.07, 6.45) is -0.615. The molecule has 4 nitrogen and oxygen atoms in total. The molecular weight excluding hydrogens is 274 g/mol. The quantitative estimate of drug-likeness (QED) is 0.867. The van der Waals surface area contributed by atoms with E-state index in [0.717, 1.165) is 0 Å². The zero-order valence-corrected chi connectivity index (χ0v) is 12.3. The van der Waals surface area contributed by atoms with Crippen LogP contribution in [0.15, 0.2) is 11.4 Å². The van der Waals surface area contributed by atoms with Crippen LogP contribution in [-0.2, 0) is 4.74 Å². The molecule has 0 aliphatic carbocycles. The topological polar surface area (TPSA) is 55.4 Å². The minimum Gasteiger partial charge on any atom is -0.444 e. The summed E-state index contributed by atoms with van der Waals surface area (Å²) in [6.45, 7) is 6.88. The number of ketones is 1. The van der Waals surface area contributed by atoms with E-state index in [-0.39, 0.29) is 5.78 Å². The lowest BCUT2D eigenvalue weighted by Crippen LogP contribution is -2.41. The fourth-order valence-corrected chi connectivity index (χ4v) is 2.39. The van der Waals surface area contributed by atoms with Gasteiger partial charge in [0.15, 0.2) is 5.78 Å². The minimum atomic E-state index is -0.670. The Labute approximate surface area is 115 Å². The van der Waals surface area contributed by atoms with E-state index >= 15 is 0 Å². The summed E-state index contributed by atoms with van der Waals surface area (Å²) in [7, 11) is 0. The van der Waals surface area contributed by atoms with Crippen LogP contribution in [0.4, 0.5) is 4.79 Å². The summed E-state index contributed by atoms with van der Waals surface area (Å²) >= 11 is 7.12. The predicted molar refractivity (Wildman–Crippen MR) is 72.5 cm³/mol. The summed E-state index contributed by atoms with van der Waals surface area (Å²) in [5, 5.41) is 4.63. The zero-order valence-electron chi connectivity index (χ0n) is 10.7. The van der Waals surface area contributed by atoms with Crippen LogP contribution >= 0.6 is 22.9 Å². The van der Waals surface area contributed by atoms with Gasteiger partial charge in [-0.1, -0.05) is 11.6 Å². The first-order valence-electron chi connectivity index (χ1n) is 5.47. The molecule has 0 fully saturated rings. The Balaban J connectivity index is 2.61. The van der Waals surface area contributed by atoms with Gasteiger partial charge in [-0.15, -0.1) is 11.3 Å². The van der Waals surface area contributed by atoms with Crippen molar-refractivity contribution in [1.82, 2.24) is 5.32 Å². The van der Waals surface area contributed by atoms with Crippen LogP contribution < -0.4 is 5.32 Å². The predicted octanol–water partition coefficient (Wildman–Crippen LogP) is 3.50. The molecule has 0 bridgehead atoms. The van der Waals surface area contributed by atoms with Crippen molar-refractivity contribution >= 4 is 34.8 Å². The molecule has 0 saturated carbocycles. The Morgan fingerprint density at radius 3 is 2.50 bits per heavy atom. The first-order valence-corrected chi connectivity index (χ1v) is 6.73. The smallest absolute Gasteiger partial charge is 0.408 e.